The van der Waals surface area contributed by atoms with Crippen molar-refractivity contribution in [2.24, 2.45) is 0 Å². The molecule has 0 N–H and O–H groups in total. The molecule has 88 valence electrons. The molecule has 5 heteroatoms. The van der Waals surface area contributed by atoms with E-state index in [9.17, 15) is 4.79 Å². The summed E-state index contributed by atoms with van der Waals surface area (Å²) in [4.78, 5) is 15.7. The fraction of sp³-hybridized carbons (Fsp3) is 0.167. The number of hydrogen-bond donors (Lipinski definition) is 0. The van der Waals surface area contributed by atoms with Crippen LogP contribution in [0.5, 0.6) is 0 Å². The molecular formula is C12H9Cl2NO2. The molecule has 0 atom stereocenters. The molecule has 0 radical (unpaired) electrons. The van der Waals surface area contributed by atoms with Crippen molar-refractivity contribution < 1.29 is 9.53 Å². The van der Waals surface area contributed by atoms with Gasteiger partial charge < -0.3 is 4.74 Å². The molecule has 1 aromatic heterocycles. The molecule has 3 nitrogen and oxygen atoms in total. The highest BCUT2D eigenvalue weighted by molar-refractivity contribution is 6.36. The van der Waals surface area contributed by atoms with Crippen molar-refractivity contribution in [3.05, 3.63) is 39.5 Å². The molecule has 0 aliphatic heterocycles. The number of rotatable bonds is 1. The van der Waals surface area contributed by atoms with E-state index >= 15 is 0 Å². The largest absolute Gasteiger partial charge is 0.464 e. The maximum absolute atomic E-state index is 11.4. The minimum atomic E-state index is -0.520. The summed E-state index contributed by atoms with van der Waals surface area (Å²) in [6.07, 6.45) is 0. The highest BCUT2D eigenvalue weighted by atomic mass is 35.5. The Kier molecular flexibility index (Phi) is 3.22. The molecule has 0 aliphatic carbocycles. The number of carbonyl (C=O) groups excluding carboxylic acids is 1. The molecule has 0 saturated carbocycles. The van der Waals surface area contributed by atoms with E-state index in [1.54, 1.807) is 12.1 Å². The van der Waals surface area contributed by atoms with Crippen LogP contribution in [0.3, 0.4) is 0 Å². The maximum atomic E-state index is 11.4. The standard InChI is InChI=1S/C12H9Cl2NO2/c1-6-8(13)4-3-7-9(14)5-10(12(16)17-2)15-11(6)7/h3-5H,1-2H3. The zero-order valence-corrected chi connectivity index (χ0v) is 10.8. The number of carbonyl (C=O) groups is 1. The van der Waals surface area contributed by atoms with Crippen molar-refractivity contribution in [3.8, 4) is 0 Å². The maximum Gasteiger partial charge on any atom is 0.356 e. The van der Waals surface area contributed by atoms with Gasteiger partial charge in [0.2, 0.25) is 0 Å². The van der Waals surface area contributed by atoms with Crippen LogP contribution in [0.1, 0.15) is 16.1 Å². The topological polar surface area (TPSA) is 39.2 Å². The summed E-state index contributed by atoms with van der Waals surface area (Å²) < 4.78 is 4.62. The van der Waals surface area contributed by atoms with Crippen molar-refractivity contribution in [1.82, 2.24) is 4.98 Å². The average Bonchev–Trinajstić information content (AvgIpc) is 2.33. The molecule has 2 rings (SSSR count). The van der Waals surface area contributed by atoms with Gasteiger partial charge in [0.15, 0.2) is 5.69 Å². The Balaban J connectivity index is 2.79. The Labute approximate surface area is 108 Å². The van der Waals surface area contributed by atoms with Crippen molar-refractivity contribution in [2.75, 3.05) is 7.11 Å². The lowest BCUT2D eigenvalue weighted by molar-refractivity contribution is 0.0594. The first kappa shape index (κ1) is 12.1. The van der Waals surface area contributed by atoms with Gasteiger partial charge in [0.1, 0.15) is 0 Å². The fourth-order valence-electron chi connectivity index (χ4n) is 1.57. The Morgan fingerprint density at radius 1 is 1.29 bits per heavy atom. The smallest absolute Gasteiger partial charge is 0.356 e. The molecule has 2 aromatic rings. The molecule has 0 saturated heterocycles. The van der Waals surface area contributed by atoms with E-state index < -0.39 is 5.97 Å². The monoisotopic (exact) mass is 269 g/mol. The number of aryl methyl sites for hydroxylation is 1. The molecule has 0 amide bonds. The summed E-state index contributed by atoms with van der Waals surface area (Å²) in [6.45, 7) is 1.83. The second kappa shape index (κ2) is 4.51. The Morgan fingerprint density at radius 2 is 2.00 bits per heavy atom. The Morgan fingerprint density at radius 3 is 2.65 bits per heavy atom. The normalized spacial score (nSPS) is 10.6. The molecule has 0 aliphatic rings. The van der Waals surface area contributed by atoms with Crippen LogP contribution in [-0.4, -0.2) is 18.1 Å². The SMILES string of the molecule is COC(=O)c1cc(Cl)c2ccc(Cl)c(C)c2n1. The lowest BCUT2D eigenvalue weighted by Gasteiger charge is -2.07. The highest BCUT2D eigenvalue weighted by Crippen LogP contribution is 2.29. The van der Waals surface area contributed by atoms with Crippen LogP contribution in [0.4, 0.5) is 0 Å². The van der Waals surface area contributed by atoms with Crippen molar-refractivity contribution >= 4 is 40.1 Å². The van der Waals surface area contributed by atoms with Crippen LogP contribution in [0.2, 0.25) is 10.0 Å². The van der Waals surface area contributed by atoms with E-state index in [0.717, 1.165) is 10.9 Å². The minimum Gasteiger partial charge on any atom is -0.464 e. The Bertz CT molecular complexity index is 611. The first-order chi connectivity index (χ1) is 8.04. The van der Waals surface area contributed by atoms with Gasteiger partial charge in [-0.25, -0.2) is 9.78 Å². The zero-order valence-electron chi connectivity index (χ0n) is 9.25. The molecule has 0 bridgehead atoms. The molecule has 1 heterocycles. The van der Waals surface area contributed by atoms with Gasteiger partial charge in [-0.15, -0.1) is 0 Å². The number of fused-ring (bicyclic) bond motifs is 1. The van der Waals surface area contributed by atoms with Gasteiger partial charge >= 0.3 is 5.97 Å². The zero-order chi connectivity index (χ0) is 12.6. The molecule has 0 spiro atoms. The number of hydrogen-bond acceptors (Lipinski definition) is 3. The van der Waals surface area contributed by atoms with E-state index in [2.05, 4.69) is 9.72 Å². The summed E-state index contributed by atoms with van der Waals surface area (Å²) in [5, 5.41) is 1.81. The van der Waals surface area contributed by atoms with Crippen LogP contribution in [0, 0.1) is 6.92 Å². The second-order valence-corrected chi connectivity index (χ2v) is 4.36. The summed E-state index contributed by atoms with van der Waals surface area (Å²) >= 11 is 12.1. The molecule has 1 aromatic carbocycles. The summed E-state index contributed by atoms with van der Waals surface area (Å²) in [5.74, 6) is -0.520. The molecule has 0 fully saturated rings. The van der Waals surface area contributed by atoms with Crippen molar-refractivity contribution in [2.45, 2.75) is 6.92 Å². The number of pyridine rings is 1. The van der Waals surface area contributed by atoms with Crippen LogP contribution < -0.4 is 0 Å². The van der Waals surface area contributed by atoms with Crippen LogP contribution in [0.15, 0.2) is 18.2 Å². The quantitative estimate of drug-likeness (QED) is 0.742. The number of halogens is 2. The first-order valence-corrected chi connectivity index (χ1v) is 5.64. The number of methoxy groups -OCH3 is 1. The van der Waals surface area contributed by atoms with Crippen molar-refractivity contribution in [3.63, 3.8) is 0 Å². The van der Waals surface area contributed by atoms with Gasteiger partial charge in [-0.05, 0) is 30.7 Å². The summed E-state index contributed by atoms with van der Waals surface area (Å²) in [7, 11) is 1.30. The third-order valence-electron chi connectivity index (χ3n) is 2.51. The molecule has 17 heavy (non-hydrogen) atoms. The van der Waals surface area contributed by atoms with Gasteiger partial charge in [0, 0.05) is 10.4 Å². The van der Waals surface area contributed by atoms with Crippen LogP contribution in [0.25, 0.3) is 10.9 Å². The first-order valence-electron chi connectivity index (χ1n) is 4.88. The predicted molar refractivity (Wildman–Crippen MR) is 67.8 cm³/mol. The summed E-state index contributed by atoms with van der Waals surface area (Å²) in [6, 6.07) is 5.02. The summed E-state index contributed by atoms with van der Waals surface area (Å²) in [5.41, 5.74) is 1.58. The molecular weight excluding hydrogens is 261 g/mol. The van der Waals surface area contributed by atoms with E-state index in [4.69, 9.17) is 23.2 Å². The average molecular weight is 270 g/mol. The van der Waals surface area contributed by atoms with Crippen molar-refractivity contribution in [1.29, 1.82) is 0 Å². The third-order valence-corrected chi connectivity index (χ3v) is 3.23. The van der Waals surface area contributed by atoms with E-state index in [1.165, 1.54) is 13.2 Å². The third kappa shape index (κ3) is 2.08. The highest BCUT2D eigenvalue weighted by Gasteiger charge is 2.13. The molecule has 0 unspecified atom stereocenters. The minimum absolute atomic E-state index is 0.176. The number of ether oxygens (including phenoxy) is 1. The number of nitrogens with zero attached hydrogens (tertiary/aromatic N) is 1. The van der Waals surface area contributed by atoms with E-state index in [0.29, 0.717) is 15.6 Å². The fourth-order valence-corrected chi connectivity index (χ4v) is 1.98. The number of benzene rings is 1. The van der Waals surface area contributed by atoms with Gasteiger partial charge in [-0.1, -0.05) is 23.2 Å². The number of esters is 1. The Hall–Kier alpha value is -1.32. The predicted octanol–water partition coefficient (Wildman–Crippen LogP) is 3.64. The van der Waals surface area contributed by atoms with Crippen LogP contribution in [-0.2, 0) is 4.74 Å². The van der Waals surface area contributed by atoms with E-state index in [-0.39, 0.29) is 5.69 Å². The lowest BCUT2D eigenvalue weighted by Crippen LogP contribution is -2.04. The lowest BCUT2D eigenvalue weighted by atomic mass is 10.1. The van der Waals surface area contributed by atoms with Gasteiger partial charge in [0.25, 0.3) is 0 Å². The van der Waals surface area contributed by atoms with Gasteiger partial charge in [-0.2, -0.15) is 0 Å². The number of aromatic nitrogens is 1. The van der Waals surface area contributed by atoms with Gasteiger partial charge in [-0.3, -0.25) is 0 Å². The second-order valence-electron chi connectivity index (χ2n) is 3.55. The van der Waals surface area contributed by atoms with Gasteiger partial charge in [0.05, 0.1) is 17.6 Å². The van der Waals surface area contributed by atoms with Crippen LogP contribution >= 0.6 is 23.2 Å². The van der Waals surface area contributed by atoms with E-state index in [1.807, 2.05) is 6.92 Å².